The Labute approximate surface area is 118 Å². The lowest BCUT2D eigenvalue weighted by Crippen LogP contribution is -2.41. The molecule has 0 aliphatic carbocycles. The highest BCUT2D eigenvalue weighted by Gasteiger charge is 2.15. The van der Waals surface area contributed by atoms with Crippen LogP contribution in [0.25, 0.3) is 0 Å². The third-order valence-corrected chi connectivity index (χ3v) is 2.97. The highest BCUT2D eigenvalue weighted by atomic mass is 16.2. The summed E-state index contributed by atoms with van der Waals surface area (Å²) in [7, 11) is 0. The first kappa shape index (κ1) is 16.0. The second-order valence-electron chi connectivity index (χ2n) is 4.74. The van der Waals surface area contributed by atoms with Gasteiger partial charge < -0.3 is 22.1 Å². The summed E-state index contributed by atoms with van der Waals surface area (Å²) in [5.41, 5.74) is 12.3. The fraction of sp³-hybridized carbons (Fsp3) is 0.429. The van der Waals surface area contributed by atoms with E-state index in [4.69, 9.17) is 11.5 Å². The van der Waals surface area contributed by atoms with Crippen LogP contribution in [-0.4, -0.2) is 18.0 Å². The summed E-state index contributed by atoms with van der Waals surface area (Å²) in [5.74, 6) is -0.154. The van der Waals surface area contributed by atoms with Gasteiger partial charge in [0.2, 0.25) is 5.91 Å². The first-order valence-electron chi connectivity index (χ1n) is 6.66. The van der Waals surface area contributed by atoms with Gasteiger partial charge in [0, 0.05) is 5.69 Å². The maximum Gasteiger partial charge on any atom is 0.316 e. The standard InChI is InChI=1S/C14H22N4O2/c1-3-4-12(15)13(19)17-9(2)10-5-7-11(8-6-10)18-14(16)20/h5-9,12H,3-4,15H2,1-2H3,(H,17,19)(H3,16,18,20)/t9?,12-/m1/s1. The average Bonchev–Trinajstić information content (AvgIpc) is 2.39. The van der Waals surface area contributed by atoms with Crippen LogP contribution in [0.2, 0.25) is 0 Å². The molecule has 0 saturated heterocycles. The van der Waals surface area contributed by atoms with Crippen LogP contribution in [0.15, 0.2) is 24.3 Å². The van der Waals surface area contributed by atoms with Crippen molar-refractivity contribution in [1.29, 1.82) is 0 Å². The number of nitrogens with one attached hydrogen (secondary N) is 2. The predicted molar refractivity (Wildman–Crippen MR) is 79.1 cm³/mol. The molecule has 0 heterocycles. The zero-order valence-electron chi connectivity index (χ0n) is 11.8. The topological polar surface area (TPSA) is 110 Å². The molecule has 0 saturated carbocycles. The van der Waals surface area contributed by atoms with Gasteiger partial charge in [-0.3, -0.25) is 4.79 Å². The molecule has 1 aromatic carbocycles. The fourth-order valence-corrected chi connectivity index (χ4v) is 1.84. The number of anilines is 1. The number of hydrogen-bond acceptors (Lipinski definition) is 3. The van der Waals surface area contributed by atoms with Gasteiger partial charge in [0.05, 0.1) is 12.1 Å². The Morgan fingerprint density at radius 1 is 1.25 bits per heavy atom. The van der Waals surface area contributed by atoms with E-state index in [0.29, 0.717) is 12.1 Å². The smallest absolute Gasteiger partial charge is 0.316 e. The Hall–Kier alpha value is -2.08. The van der Waals surface area contributed by atoms with E-state index in [1.807, 2.05) is 26.0 Å². The predicted octanol–water partition coefficient (Wildman–Crippen LogP) is 1.48. The second-order valence-corrected chi connectivity index (χ2v) is 4.74. The number of rotatable bonds is 6. The van der Waals surface area contributed by atoms with Crippen molar-refractivity contribution in [2.24, 2.45) is 11.5 Å². The van der Waals surface area contributed by atoms with Crippen LogP contribution in [0.1, 0.15) is 38.3 Å². The van der Waals surface area contributed by atoms with Crippen molar-refractivity contribution in [3.8, 4) is 0 Å². The minimum atomic E-state index is -0.607. The average molecular weight is 278 g/mol. The number of primary amides is 1. The van der Waals surface area contributed by atoms with Crippen molar-refractivity contribution in [2.75, 3.05) is 5.32 Å². The van der Waals surface area contributed by atoms with E-state index in [2.05, 4.69) is 10.6 Å². The summed E-state index contributed by atoms with van der Waals surface area (Å²) in [6.45, 7) is 3.87. The van der Waals surface area contributed by atoms with Crippen molar-refractivity contribution in [1.82, 2.24) is 5.32 Å². The van der Waals surface area contributed by atoms with Gasteiger partial charge in [0.1, 0.15) is 0 Å². The van der Waals surface area contributed by atoms with E-state index in [1.165, 1.54) is 0 Å². The molecule has 0 bridgehead atoms. The van der Waals surface area contributed by atoms with Crippen molar-refractivity contribution in [3.05, 3.63) is 29.8 Å². The first-order valence-corrected chi connectivity index (χ1v) is 6.66. The Morgan fingerprint density at radius 2 is 1.85 bits per heavy atom. The summed E-state index contributed by atoms with van der Waals surface area (Å²) in [6.07, 6.45) is 1.54. The summed E-state index contributed by atoms with van der Waals surface area (Å²) in [4.78, 5) is 22.5. The first-order chi connectivity index (χ1) is 9.43. The van der Waals surface area contributed by atoms with E-state index in [1.54, 1.807) is 12.1 Å². The fourth-order valence-electron chi connectivity index (χ4n) is 1.84. The summed E-state index contributed by atoms with van der Waals surface area (Å²) < 4.78 is 0. The third-order valence-electron chi connectivity index (χ3n) is 2.97. The molecule has 1 aromatic rings. The minimum absolute atomic E-state index is 0.145. The van der Waals surface area contributed by atoms with Gasteiger partial charge in [-0.2, -0.15) is 0 Å². The minimum Gasteiger partial charge on any atom is -0.351 e. The highest BCUT2D eigenvalue weighted by molar-refractivity contribution is 5.87. The number of nitrogens with two attached hydrogens (primary N) is 2. The Balaban J connectivity index is 2.61. The molecule has 6 heteroatoms. The highest BCUT2D eigenvalue weighted by Crippen LogP contribution is 2.16. The van der Waals surface area contributed by atoms with E-state index in [9.17, 15) is 9.59 Å². The molecular formula is C14H22N4O2. The zero-order chi connectivity index (χ0) is 15.1. The number of carbonyl (C=O) groups excluding carboxylic acids is 2. The van der Waals surface area contributed by atoms with Crippen LogP contribution < -0.4 is 22.1 Å². The van der Waals surface area contributed by atoms with Gasteiger partial charge in [0.25, 0.3) is 0 Å². The largest absolute Gasteiger partial charge is 0.351 e. The van der Waals surface area contributed by atoms with Crippen molar-refractivity contribution in [3.63, 3.8) is 0 Å². The van der Waals surface area contributed by atoms with Crippen molar-refractivity contribution in [2.45, 2.75) is 38.8 Å². The summed E-state index contributed by atoms with van der Waals surface area (Å²) >= 11 is 0. The molecule has 1 rings (SSSR count). The van der Waals surface area contributed by atoms with Gasteiger partial charge in [-0.25, -0.2) is 4.79 Å². The van der Waals surface area contributed by atoms with Gasteiger partial charge in [0.15, 0.2) is 0 Å². The molecule has 110 valence electrons. The maximum atomic E-state index is 11.8. The lowest BCUT2D eigenvalue weighted by molar-refractivity contribution is -0.123. The Morgan fingerprint density at radius 3 is 2.35 bits per heavy atom. The van der Waals surface area contributed by atoms with Crippen LogP contribution in [0, 0.1) is 0 Å². The molecule has 1 unspecified atom stereocenters. The monoisotopic (exact) mass is 278 g/mol. The van der Waals surface area contributed by atoms with E-state index < -0.39 is 12.1 Å². The number of carbonyl (C=O) groups is 2. The number of amides is 3. The molecule has 0 aliphatic rings. The zero-order valence-corrected chi connectivity index (χ0v) is 11.8. The molecule has 6 N–H and O–H groups in total. The van der Waals surface area contributed by atoms with Crippen LogP contribution >= 0.6 is 0 Å². The van der Waals surface area contributed by atoms with Crippen LogP contribution in [0.5, 0.6) is 0 Å². The number of benzene rings is 1. The van der Waals surface area contributed by atoms with Crippen LogP contribution in [0.3, 0.4) is 0 Å². The van der Waals surface area contributed by atoms with Gasteiger partial charge in [-0.15, -0.1) is 0 Å². The molecule has 0 aromatic heterocycles. The molecule has 20 heavy (non-hydrogen) atoms. The van der Waals surface area contributed by atoms with Crippen molar-refractivity contribution < 1.29 is 9.59 Å². The van der Waals surface area contributed by atoms with E-state index in [0.717, 1.165) is 12.0 Å². The SMILES string of the molecule is CCC[C@@H](N)C(=O)NC(C)c1ccc(NC(N)=O)cc1. The van der Waals surface area contributed by atoms with Crippen molar-refractivity contribution >= 4 is 17.6 Å². The molecular weight excluding hydrogens is 256 g/mol. The number of urea groups is 1. The molecule has 2 atom stereocenters. The normalized spacial score (nSPS) is 13.3. The Kier molecular flexibility index (Phi) is 5.99. The molecule has 3 amide bonds. The van der Waals surface area contributed by atoms with Gasteiger partial charge in [-0.05, 0) is 31.0 Å². The third kappa shape index (κ3) is 4.89. The van der Waals surface area contributed by atoms with E-state index in [-0.39, 0.29) is 11.9 Å². The number of hydrogen-bond donors (Lipinski definition) is 4. The Bertz CT molecular complexity index is 459. The molecule has 0 aliphatic heterocycles. The van der Waals surface area contributed by atoms with E-state index >= 15 is 0 Å². The molecule has 0 radical (unpaired) electrons. The van der Waals surface area contributed by atoms with Crippen LogP contribution in [0.4, 0.5) is 10.5 Å². The quantitative estimate of drug-likeness (QED) is 0.632. The van der Waals surface area contributed by atoms with Gasteiger partial charge >= 0.3 is 6.03 Å². The molecule has 0 fully saturated rings. The lowest BCUT2D eigenvalue weighted by atomic mass is 10.1. The molecule has 0 spiro atoms. The van der Waals surface area contributed by atoms with Gasteiger partial charge in [-0.1, -0.05) is 25.5 Å². The molecule has 6 nitrogen and oxygen atoms in total. The second kappa shape index (κ2) is 7.49. The summed E-state index contributed by atoms with van der Waals surface area (Å²) in [5, 5.41) is 5.34. The van der Waals surface area contributed by atoms with Crippen LogP contribution in [-0.2, 0) is 4.79 Å². The summed E-state index contributed by atoms with van der Waals surface area (Å²) in [6, 6.07) is 5.88. The lowest BCUT2D eigenvalue weighted by Gasteiger charge is -2.18. The maximum absolute atomic E-state index is 11.8.